The Morgan fingerprint density at radius 2 is 1.96 bits per heavy atom. The maximum Gasteiger partial charge on any atom is 0.293 e. The third kappa shape index (κ3) is 3.76. The van der Waals surface area contributed by atoms with Crippen molar-refractivity contribution in [2.75, 3.05) is 11.9 Å². The number of amides is 1. The van der Waals surface area contributed by atoms with Crippen LogP contribution in [0.4, 0.5) is 5.69 Å². The second-order valence-electron chi connectivity index (χ2n) is 7.52. The highest BCUT2D eigenvalue weighted by molar-refractivity contribution is 5.92. The number of aromatic nitrogens is 4. The zero-order valence-electron chi connectivity index (χ0n) is 16.8. The molecule has 0 aliphatic carbocycles. The molecule has 148 valence electrons. The van der Waals surface area contributed by atoms with Gasteiger partial charge in [-0.2, -0.15) is 10.2 Å². The summed E-state index contributed by atoms with van der Waals surface area (Å²) in [6.45, 7) is 9.86. The molecule has 1 aromatic carbocycles. The van der Waals surface area contributed by atoms with Gasteiger partial charge in [0.05, 0.1) is 29.7 Å². The van der Waals surface area contributed by atoms with Crippen molar-refractivity contribution >= 4 is 22.5 Å². The lowest BCUT2D eigenvalue weighted by Gasteiger charge is -2.20. The first-order valence-corrected chi connectivity index (χ1v) is 9.20. The van der Waals surface area contributed by atoms with Gasteiger partial charge in [0.2, 0.25) is 5.91 Å². The lowest BCUT2D eigenvalue weighted by atomic mass is 10.1. The monoisotopic (exact) mass is 383 g/mol. The normalized spacial score (nSPS) is 11.6. The van der Waals surface area contributed by atoms with Crippen LogP contribution in [0.5, 0.6) is 5.75 Å². The molecule has 0 saturated heterocycles. The van der Waals surface area contributed by atoms with Crippen molar-refractivity contribution in [3.63, 3.8) is 0 Å². The molecule has 28 heavy (non-hydrogen) atoms. The lowest BCUT2D eigenvalue weighted by Crippen LogP contribution is -2.33. The summed E-state index contributed by atoms with van der Waals surface area (Å²) in [6.07, 6.45) is 1.65. The van der Waals surface area contributed by atoms with Gasteiger partial charge in [0, 0.05) is 5.39 Å². The molecule has 0 saturated carbocycles. The summed E-state index contributed by atoms with van der Waals surface area (Å²) in [5.74, 6) is 0.221. The van der Waals surface area contributed by atoms with Crippen molar-refractivity contribution in [1.82, 2.24) is 19.6 Å². The van der Waals surface area contributed by atoms with Gasteiger partial charge in [-0.25, -0.2) is 4.68 Å². The molecule has 3 aromatic rings. The van der Waals surface area contributed by atoms with Crippen LogP contribution in [-0.2, 0) is 16.9 Å². The molecule has 0 radical (unpaired) electrons. The molecule has 0 aliphatic heterocycles. The Morgan fingerprint density at radius 3 is 2.64 bits per heavy atom. The third-order valence-corrected chi connectivity index (χ3v) is 4.26. The Kier molecular flexibility index (Phi) is 5.22. The topological polar surface area (TPSA) is 91.0 Å². The fourth-order valence-corrected chi connectivity index (χ4v) is 3.01. The molecule has 0 bridgehead atoms. The Bertz CT molecular complexity index is 1080. The third-order valence-electron chi connectivity index (χ3n) is 4.26. The Labute approximate surface area is 163 Å². The summed E-state index contributed by atoms with van der Waals surface area (Å²) in [6, 6.07) is 7.17. The number of hydrogen-bond acceptors (Lipinski definition) is 5. The van der Waals surface area contributed by atoms with Gasteiger partial charge in [-0.3, -0.25) is 14.3 Å². The van der Waals surface area contributed by atoms with Crippen molar-refractivity contribution in [2.24, 2.45) is 0 Å². The van der Waals surface area contributed by atoms with Gasteiger partial charge >= 0.3 is 0 Å². The Morgan fingerprint density at radius 1 is 1.25 bits per heavy atom. The quantitative estimate of drug-likeness (QED) is 0.731. The molecular weight excluding hydrogens is 358 g/mol. The minimum Gasteiger partial charge on any atom is -0.492 e. The number of benzene rings is 1. The number of para-hydroxylation sites is 2. The van der Waals surface area contributed by atoms with Crippen LogP contribution in [0.3, 0.4) is 0 Å². The largest absolute Gasteiger partial charge is 0.492 e. The summed E-state index contributed by atoms with van der Waals surface area (Å²) in [7, 11) is 0. The number of hydrogen-bond donors (Lipinski definition) is 1. The van der Waals surface area contributed by atoms with E-state index in [4.69, 9.17) is 4.74 Å². The first-order valence-electron chi connectivity index (χ1n) is 9.20. The molecule has 0 spiro atoms. The van der Waals surface area contributed by atoms with Crippen molar-refractivity contribution in [3.8, 4) is 5.75 Å². The zero-order chi connectivity index (χ0) is 20.5. The summed E-state index contributed by atoms with van der Waals surface area (Å²) in [4.78, 5) is 25.6. The van der Waals surface area contributed by atoms with Gasteiger partial charge in [-0.05, 0) is 46.8 Å². The number of nitrogens with zero attached hydrogens (tertiary/aromatic N) is 4. The molecule has 2 heterocycles. The smallest absolute Gasteiger partial charge is 0.293 e. The highest BCUT2D eigenvalue weighted by Gasteiger charge is 2.22. The maximum atomic E-state index is 13.0. The number of carbonyl (C=O) groups is 1. The Hall–Kier alpha value is -3.16. The van der Waals surface area contributed by atoms with Gasteiger partial charge in [-0.15, -0.1) is 0 Å². The number of fused-ring (bicyclic) bond motifs is 1. The second kappa shape index (κ2) is 7.46. The van der Waals surface area contributed by atoms with Crippen molar-refractivity contribution in [3.05, 3.63) is 46.5 Å². The van der Waals surface area contributed by atoms with Gasteiger partial charge in [0.15, 0.2) is 0 Å². The number of nitrogens with one attached hydrogen (secondary N) is 1. The first kappa shape index (κ1) is 19.6. The van der Waals surface area contributed by atoms with Crippen LogP contribution in [0.2, 0.25) is 0 Å². The van der Waals surface area contributed by atoms with E-state index in [0.717, 1.165) is 0 Å². The molecule has 1 amide bonds. The van der Waals surface area contributed by atoms with Gasteiger partial charge in [0.25, 0.3) is 5.56 Å². The summed E-state index contributed by atoms with van der Waals surface area (Å²) < 4.78 is 8.38. The Balaban J connectivity index is 1.94. The molecule has 0 atom stereocenters. The summed E-state index contributed by atoms with van der Waals surface area (Å²) >= 11 is 0. The fraction of sp³-hybridized carbons (Fsp3) is 0.400. The van der Waals surface area contributed by atoms with Crippen molar-refractivity contribution in [1.29, 1.82) is 0 Å². The predicted octanol–water partition coefficient (Wildman–Crippen LogP) is 2.69. The fourth-order valence-electron chi connectivity index (χ4n) is 3.01. The van der Waals surface area contributed by atoms with Gasteiger partial charge < -0.3 is 10.1 Å². The SMILES string of the molecule is CCOc1ccccc1NC(=O)Cn1nc(C)c2cnn(C(C)(C)C)c2c1=O. The van der Waals surface area contributed by atoms with E-state index in [2.05, 4.69) is 15.5 Å². The van der Waals surface area contributed by atoms with E-state index in [1.807, 2.05) is 33.8 Å². The van der Waals surface area contributed by atoms with E-state index in [0.29, 0.717) is 34.6 Å². The van der Waals surface area contributed by atoms with E-state index in [1.165, 1.54) is 4.68 Å². The molecule has 0 fully saturated rings. The zero-order valence-corrected chi connectivity index (χ0v) is 16.8. The van der Waals surface area contributed by atoms with Crippen LogP contribution in [0.15, 0.2) is 35.3 Å². The van der Waals surface area contributed by atoms with E-state index in [1.54, 1.807) is 36.0 Å². The highest BCUT2D eigenvalue weighted by Crippen LogP contribution is 2.24. The van der Waals surface area contributed by atoms with Crippen LogP contribution in [-0.4, -0.2) is 32.1 Å². The number of carbonyl (C=O) groups excluding carboxylic acids is 1. The van der Waals surface area contributed by atoms with E-state index in [-0.39, 0.29) is 23.6 Å². The molecule has 0 aliphatic rings. The average Bonchev–Trinajstić information content (AvgIpc) is 3.07. The van der Waals surface area contributed by atoms with Crippen molar-refractivity contribution in [2.45, 2.75) is 46.7 Å². The van der Waals surface area contributed by atoms with E-state index < -0.39 is 0 Å². The van der Waals surface area contributed by atoms with Crippen LogP contribution in [0.1, 0.15) is 33.4 Å². The molecule has 0 unspecified atom stereocenters. The minimum atomic E-state index is -0.370. The van der Waals surface area contributed by atoms with Crippen LogP contribution in [0, 0.1) is 6.92 Å². The average molecular weight is 383 g/mol. The summed E-state index contributed by atoms with van der Waals surface area (Å²) in [5, 5.41) is 12.1. The van der Waals surface area contributed by atoms with E-state index >= 15 is 0 Å². The molecule has 3 rings (SSSR count). The molecule has 1 N–H and O–H groups in total. The molecule has 2 aromatic heterocycles. The predicted molar refractivity (Wildman–Crippen MR) is 108 cm³/mol. The van der Waals surface area contributed by atoms with Crippen LogP contribution >= 0.6 is 0 Å². The van der Waals surface area contributed by atoms with Gasteiger partial charge in [-0.1, -0.05) is 12.1 Å². The van der Waals surface area contributed by atoms with Gasteiger partial charge in [0.1, 0.15) is 17.8 Å². The van der Waals surface area contributed by atoms with Crippen LogP contribution in [0.25, 0.3) is 10.9 Å². The second-order valence-corrected chi connectivity index (χ2v) is 7.52. The first-order chi connectivity index (χ1) is 13.2. The molecule has 8 nitrogen and oxygen atoms in total. The highest BCUT2D eigenvalue weighted by atomic mass is 16.5. The lowest BCUT2D eigenvalue weighted by molar-refractivity contribution is -0.117. The number of aryl methyl sites for hydroxylation is 1. The standard InChI is InChI=1S/C20H25N5O3/c1-6-28-16-10-8-7-9-15(16)22-17(26)12-24-19(27)18-14(13(2)23-24)11-21-25(18)20(3,4)5/h7-11H,6,12H2,1-5H3,(H,22,26). The van der Waals surface area contributed by atoms with Crippen LogP contribution < -0.4 is 15.6 Å². The number of ether oxygens (including phenoxy) is 1. The minimum absolute atomic E-state index is 0.203. The van der Waals surface area contributed by atoms with Crippen molar-refractivity contribution < 1.29 is 9.53 Å². The maximum absolute atomic E-state index is 13.0. The number of anilines is 1. The van der Waals surface area contributed by atoms with E-state index in [9.17, 15) is 9.59 Å². The molecular formula is C20H25N5O3. The molecule has 8 heteroatoms. The number of rotatable bonds is 5. The summed E-state index contributed by atoms with van der Waals surface area (Å²) in [5.41, 5.74) is 0.932.